The van der Waals surface area contributed by atoms with Gasteiger partial charge in [-0.15, -0.1) is 0 Å². The molecule has 3 aliphatic rings. The van der Waals surface area contributed by atoms with Gasteiger partial charge in [0.25, 0.3) is 0 Å². The van der Waals surface area contributed by atoms with Crippen molar-refractivity contribution in [2.45, 2.75) is 61.3 Å². The summed E-state index contributed by atoms with van der Waals surface area (Å²) in [6.45, 7) is 1.78. The summed E-state index contributed by atoms with van der Waals surface area (Å²) in [5, 5.41) is 3.58. The predicted octanol–water partition coefficient (Wildman–Crippen LogP) is 5.52. The number of rotatable bonds is 8. The second-order valence-electron chi connectivity index (χ2n) is 12.3. The van der Waals surface area contributed by atoms with Gasteiger partial charge in [-0.25, -0.2) is 18.4 Å². The maximum absolute atomic E-state index is 13.8. The van der Waals surface area contributed by atoms with Crippen molar-refractivity contribution in [1.82, 2.24) is 24.2 Å². The van der Waals surface area contributed by atoms with Crippen LogP contribution in [0.3, 0.4) is 0 Å². The van der Waals surface area contributed by atoms with Gasteiger partial charge in [-0.2, -0.15) is 4.31 Å². The lowest BCUT2D eigenvalue weighted by Crippen LogP contribution is -2.54. The van der Waals surface area contributed by atoms with E-state index in [4.69, 9.17) is 4.98 Å². The third-order valence-electron chi connectivity index (χ3n) is 9.53. The van der Waals surface area contributed by atoms with Crippen LogP contribution in [0.1, 0.15) is 56.4 Å². The maximum atomic E-state index is 13.8. The molecule has 1 aliphatic heterocycles. The van der Waals surface area contributed by atoms with Crippen LogP contribution >= 0.6 is 11.3 Å². The van der Waals surface area contributed by atoms with E-state index in [0.717, 1.165) is 65.8 Å². The minimum Gasteiger partial charge on any atom is -0.301 e. The molecule has 1 N–H and O–H groups in total. The average molecular weight is 617 g/mol. The van der Waals surface area contributed by atoms with Gasteiger partial charge in [-0.3, -0.25) is 14.7 Å². The Hall–Kier alpha value is -3.25. The summed E-state index contributed by atoms with van der Waals surface area (Å²) in [5.74, 6) is -0.0459. The van der Waals surface area contributed by atoms with Crippen LogP contribution in [-0.2, 0) is 14.8 Å². The lowest BCUT2D eigenvalue weighted by molar-refractivity contribution is -0.118. The summed E-state index contributed by atoms with van der Waals surface area (Å²) >= 11 is 1.36. The van der Waals surface area contributed by atoms with Crippen LogP contribution in [0.25, 0.3) is 21.6 Å². The van der Waals surface area contributed by atoms with Gasteiger partial charge in [-0.05, 0) is 74.2 Å². The predicted molar refractivity (Wildman–Crippen MR) is 168 cm³/mol. The van der Waals surface area contributed by atoms with Gasteiger partial charge in [0, 0.05) is 43.1 Å². The van der Waals surface area contributed by atoms with E-state index >= 15 is 0 Å². The maximum Gasteiger partial charge on any atom is 0.243 e. The molecule has 1 aromatic carbocycles. The Bertz CT molecular complexity index is 1730. The Morgan fingerprint density at radius 3 is 2.49 bits per heavy atom. The Balaban J connectivity index is 1.11. The Kier molecular flexibility index (Phi) is 7.53. The molecule has 2 aliphatic carbocycles. The molecule has 9 nitrogen and oxygen atoms in total. The number of hydrogen-bond acceptors (Lipinski definition) is 8. The zero-order valence-corrected chi connectivity index (χ0v) is 25.9. The third kappa shape index (κ3) is 5.71. The molecule has 0 unspecified atom stereocenters. The molecule has 43 heavy (non-hydrogen) atoms. The van der Waals surface area contributed by atoms with Crippen molar-refractivity contribution < 1.29 is 13.2 Å². The van der Waals surface area contributed by atoms with Crippen LogP contribution in [-0.4, -0.2) is 70.7 Å². The van der Waals surface area contributed by atoms with E-state index in [2.05, 4.69) is 27.2 Å². The number of amides is 1. The van der Waals surface area contributed by atoms with Crippen molar-refractivity contribution in [3.63, 3.8) is 0 Å². The first-order valence-corrected chi connectivity index (χ1v) is 17.4. The number of anilines is 1. The summed E-state index contributed by atoms with van der Waals surface area (Å²) in [6.07, 6.45) is 10.9. The summed E-state index contributed by atoms with van der Waals surface area (Å²) in [6, 6.07) is 14.7. The first kappa shape index (κ1) is 28.5. The number of fused-ring (bicyclic) bond motifs is 1. The van der Waals surface area contributed by atoms with Crippen LogP contribution in [0.2, 0.25) is 0 Å². The molecule has 1 saturated heterocycles. The molecule has 4 heterocycles. The van der Waals surface area contributed by atoms with E-state index < -0.39 is 15.9 Å². The van der Waals surface area contributed by atoms with Crippen molar-refractivity contribution >= 4 is 42.7 Å². The number of nitrogens with one attached hydrogen (secondary N) is 1. The molecule has 3 aromatic heterocycles. The lowest BCUT2D eigenvalue weighted by atomic mass is 9.87. The summed E-state index contributed by atoms with van der Waals surface area (Å²) in [5.41, 5.74) is 3.37. The van der Waals surface area contributed by atoms with Crippen molar-refractivity contribution in [3.05, 3.63) is 66.5 Å². The second kappa shape index (κ2) is 11.4. The van der Waals surface area contributed by atoms with Crippen LogP contribution in [0.4, 0.5) is 5.13 Å². The molecule has 11 heteroatoms. The van der Waals surface area contributed by atoms with Crippen LogP contribution < -0.4 is 5.32 Å². The molecule has 1 spiro atoms. The van der Waals surface area contributed by atoms with Crippen molar-refractivity contribution in [3.8, 4) is 11.3 Å². The number of carbonyl (C=O) groups is 1. The quantitative estimate of drug-likeness (QED) is 0.278. The molecule has 1 amide bonds. The Labute approximate surface area is 256 Å². The van der Waals surface area contributed by atoms with Gasteiger partial charge in [0.05, 0.1) is 16.5 Å². The van der Waals surface area contributed by atoms with Gasteiger partial charge in [0.2, 0.25) is 15.9 Å². The third-order valence-corrected chi connectivity index (χ3v) is 12.3. The number of likely N-dealkylation sites (N-methyl/N-ethyl adjacent to an activating group) is 1. The molecule has 4 aromatic rings. The minimum absolute atomic E-state index is 0.00642. The number of aromatic nitrogens is 3. The Morgan fingerprint density at radius 2 is 1.77 bits per heavy atom. The van der Waals surface area contributed by atoms with Crippen molar-refractivity contribution in [2.75, 3.05) is 32.0 Å². The van der Waals surface area contributed by atoms with Gasteiger partial charge < -0.3 is 5.32 Å². The van der Waals surface area contributed by atoms with E-state index in [1.54, 1.807) is 28.8 Å². The molecular formula is C32H36N6O3S2. The summed E-state index contributed by atoms with van der Waals surface area (Å²) in [7, 11) is -1.51. The number of benzene rings is 1. The molecule has 1 atom stereocenters. The van der Waals surface area contributed by atoms with Crippen LogP contribution in [0, 0.1) is 5.92 Å². The molecule has 224 valence electrons. The monoisotopic (exact) mass is 616 g/mol. The zero-order valence-electron chi connectivity index (χ0n) is 24.3. The SMILES string of the molecule is CN1CCN(S(=O)(=O)c2ccc([C@@H](CC3CCCC3)C(=O)Nc3nc4ccc(-c5ccncc5)nc4s3)cc2)CC12CC2. The van der Waals surface area contributed by atoms with E-state index in [1.165, 1.54) is 24.2 Å². The first-order chi connectivity index (χ1) is 20.8. The fourth-order valence-electron chi connectivity index (χ4n) is 6.66. The molecule has 0 bridgehead atoms. The summed E-state index contributed by atoms with van der Waals surface area (Å²) in [4.78, 5) is 30.6. The highest BCUT2D eigenvalue weighted by atomic mass is 32.2. The van der Waals surface area contributed by atoms with Crippen molar-refractivity contribution in [1.29, 1.82) is 0 Å². The van der Waals surface area contributed by atoms with Gasteiger partial charge in [-0.1, -0.05) is 49.2 Å². The largest absolute Gasteiger partial charge is 0.301 e. The lowest BCUT2D eigenvalue weighted by Gasteiger charge is -2.39. The number of sulfonamides is 1. The number of nitrogens with zero attached hydrogens (tertiary/aromatic N) is 5. The smallest absolute Gasteiger partial charge is 0.243 e. The summed E-state index contributed by atoms with van der Waals surface area (Å²) < 4.78 is 28.8. The topological polar surface area (TPSA) is 108 Å². The van der Waals surface area contributed by atoms with E-state index in [0.29, 0.717) is 29.0 Å². The van der Waals surface area contributed by atoms with Gasteiger partial charge >= 0.3 is 0 Å². The normalized spacial score (nSPS) is 20.0. The standard InChI is InChI=1S/C32H36N6O3S2/c1-37-18-19-38(21-32(37)14-15-32)43(40,41)25-8-6-23(7-9-25)26(20-22-4-2-3-5-22)29(39)36-31-35-28-11-10-27(34-30(28)42-31)24-12-16-33-17-13-24/h6-13,16-17,22,26H,2-5,14-15,18-21H2,1H3,(H,35,36,39)/t26-/m1/s1. The van der Waals surface area contributed by atoms with Crippen LogP contribution in [0.5, 0.6) is 0 Å². The van der Waals surface area contributed by atoms with Crippen molar-refractivity contribution in [2.24, 2.45) is 5.92 Å². The average Bonchev–Trinajstić information content (AvgIpc) is 3.40. The number of pyridine rings is 2. The molecule has 0 radical (unpaired) electrons. The van der Waals surface area contributed by atoms with Gasteiger partial charge in [0.1, 0.15) is 10.3 Å². The fourth-order valence-corrected chi connectivity index (χ4v) is 9.01. The highest BCUT2D eigenvalue weighted by Crippen LogP contribution is 2.44. The van der Waals surface area contributed by atoms with Gasteiger partial charge in [0.15, 0.2) is 5.13 Å². The molecule has 7 rings (SSSR count). The van der Waals surface area contributed by atoms with Crippen LogP contribution in [0.15, 0.2) is 65.8 Å². The minimum atomic E-state index is -3.60. The highest BCUT2D eigenvalue weighted by molar-refractivity contribution is 7.89. The number of piperazine rings is 1. The molecule has 2 saturated carbocycles. The van der Waals surface area contributed by atoms with E-state index in [-0.39, 0.29) is 11.4 Å². The molecule has 3 fully saturated rings. The second-order valence-corrected chi connectivity index (χ2v) is 15.2. The molecular weight excluding hydrogens is 581 g/mol. The number of carbonyl (C=O) groups excluding carboxylic acids is 1. The fraction of sp³-hybridized carbons (Fsp3) is 0.438. The van der Waals surface area contributed by atoms with E-state index in [1.807, 2.05) is 36.4 Å². The number of thiazole rings is 1. The number of hydrogen-bond donors (Lipinski definition) is 1. The highest BCUT2D eigenvalue weighted by Gasteiger charge is 2.51. The van der Waals surface area contributed by atoms with E-state index in [9.17, 15) is 13.2 Å². The Morgan fingerprint density at radius 1 is 1.02 bits per heavy atom. The zero-order chi connectivity index (χ0) is 29.6. The first-order valence-electron chi connectivity index (χ1n) is 15.1.